The van der Waals surface area contributed by atoms with Gasteiger partial charge in [0.1, 0.15) is 0 Å². The van der Waals surface area contributed by atoms with Crippen LogP contribution < -0.4 is 20.1 Å². The lowest BCUT2D eigenvalue weighted by Crippen LogP contribution is -2.46. The Balaban J connectivity index is 1.45. The van der Waals surface area contributed by atoms with E-state index in [1.807, 2.05) is 59.5 Å². The first-order chi connectivity index (χ1) is 17.1. The molecule has 182 valence electrons. The molecule has 0 radical (unpaired) electrons. The number of benzene rings is 2. The number of rotatable bonds is 8. The first-order valence-electron chi connectivity index (χ1n) is 11.6. The van der Waals surface area contributed by atoms with Gasteiger partial charge in [0.2, 0.25) is 5.91 Å². The van der Waals surface area contributed by atoms with Gasteiger partial charge in [-0.15, -0.1) is 0 Å². The molecule has 8 heteroatoms. The number of fused-ring (bicyclic) bond motifs is 1. The van der Waals surface area contributed by atoms with E-state index < -0.39 is 0 Å². The van der Waals surface area contributed by atoms with Crippen molar-refractivity contribution in [2.24, 2.45) is 0 Å². The first-order valence-corrected chi connectivity index (χ1v) is 11.6. The van der Waals surface area contributed by atoms with E-state index in [1.54, 1.807) is 26.6 Å². The van der Waals surface area contributed by atoms with Crippen molar-refractivity contribution in [1.82, 2.24) is 20.5 Å². The lowest BCUT2D eigenvalue weighted by molar-refractivity contribution is -0.121. The van der Waals surface area contributed by atoms with Gasteiger partial charge in [-0.05, 0) is 52.9 Å². The number of nitrogens with zero attached hydrogens (tertiary/aromatic N) is 2. The molecule has 1 atom stereocenters. The molecule has 0 saturated heterocycles. The molecule has 2 aromatic carbocycles. The fourth-order valence-electron chi connectivity index (χ4n) is 4.33. The number of pyridine rings is 1. The predicted octanol–water partition coefficient (Wildman–Crippen LogP) is 3.46. The Bertz CT molecular complexity index is 1150. The Morgan fingerprint density at radius 2 is 1.71 bits per heavy atom. The van der Waals surface area contributed by atoms with Gasteiger partial charge >= 0.3 is 6.03 Å². The van der Waals surface area contributed by atoms with E-state index in [0.29, 0.717) is 31.0 Å². The molecule has 35 heavy (non-hydrogen) atoms. The SMILES string of the molecule is COc1cc2c(cc1OC)[C@@H](c1ccccc1)N(C(=O)NCCC(=O)NCc1ccncc1)CC2. The lowest BCUT2D eigenvalue weighted by Gasteiger charge is -2.38. The molecule has 0 unspecified atom stereocenters. The monoisotopic (exact) mass is 474 g/mol. The second-order valence-corrected chi connectivity index (χ2v) is 8.28. The minimum Gasteiger partial charge on any atom is -0.493 e. The molecule has 8 nitrogen and oxygen atoms in total. The summed E-state index contributed by atoms with van der Waals surface area (Å²) in [6.45, 7) is 1.22. The molecule has 2 heterocycles. The van der Waals surface area contributed by atoms with E-state index in [1.165, 1.54) is 0 Å². The normalized spacial score (nSPS) is 14.6. The third kappa shape index (κ3) is 5.71. The quantitative estimate of drug-likeness (QED) is 0.522. The summed E-state index contributed by atoms with van der Waals surface area (Å²) >= 11 is 0. The van der Waals surface area contributed by atoms with E-state index in [2.05, 4.69) is 15.6 Å². The number of hydrogen-bond donors (Lipinski definition) is 2. The van der Waals surface area contributed by atoms with Crippen LogP contribution >= 0.6 is 0 Å². The van der Waals surface area contributed by atoms with Crippen LogP contribution in [0.2, 0.25) is 0 Å². The molecule has 1 aromatic heterocycles. The van der Waals surface area contributed by atoms with E-state index in [-0.39, 0.29) is 30.9 Å². The van der Waals surface area contributed by atoms with Gasteiger partial charge < -0.3 is 25.0 Å². The van der Waals surface area contributed by atoms with Crippen LogP contribution in [0.1, 0.15) is 34.7 Å². The predicted molar refractivity (Wildman–Crippen MR) is 132 cm³/mol. The van der Waals surface area contributed by atoms with Crippen LogP contribution in [0.5, 0.6) is 11.5 Å². The van der Waals surface area contributed by atoms with Gasteiger partial charge in [-0.1, -0.05) is 30.3 Å². The number of aromatic nitrogens is 1. The summed E-state index contributed by atoms with van der Waals surface area (Å²) in [7, 11) is 3.23. The Hall–Kier alpha value is -4.07. The number of amides is 3. The van der Waals surface area contributed by atoms with E-state index in [9.17, 15) is 9.59 Å². The van der Waals surface area contributed by atoms with Crippen molar-refractivity contribution >= 4 is 11.9 Å². The minimum atomic E-state index is -0.278. The van der Waals surface area contributed by atoms with Crippen LogP contribution in [0, 0.1) is 0 Å². The number of carbonyl (C=O) groups excluding carboxylic acids is 2. The Labute approximate surface area is 205 Å². The number of urea groups is 1. The second kappa shape index (κ2) is 11.4. The molecular weight excluding hydrogens is 444 g/mol. The summed E-state index contributed by atoms with van der Waals surface area (Å²) < 4.78 is 11.0. The smallest absolute Gasteiger partial charge is 0.318 e. The molecule has 0 spiro atoms. The molecule has 0 bridgehead atoms. The van der Waals surface area contributed by atoms with Crippen LogP contribution in [-0.2, 0) is 17.8 Å². The molecular formula is C27H30N4O4. The number of ether oxygens (including phenoxy) is 2. The van der Waals surface area contributed by atoms with E-state index in [4.69, 9.17) is 9.47 Å². The molecule has 1 aliphatic rings. The zero-order valence-corrected chi connectivity index (χ0v) is 20.0. The second-order valence-electron chi connectivity index (χ2n) is 8.28. The highest BCUT2D eigenvalue weighted by molar-refractivity contribution is 5.79. The Morgan fingerprint density at radius 3 is 2.43 bits per heavy atom. The highest BCUT2D eigenvalue weighted by Crippen LogP contribution is 2.40. The minimum absolute atomic E-state index is 0.123. The molecule has 3 aromatic rings. The molecule has 2 N–H and O–H groups in total. The number of nitrogens with one attached hydrogen (secondary N) is 2. The highest BCUT2D eigenvalue weighted by atomic mass is 16.5. The van der Waals surface area contributed by atoms with Gasteiger partial charge in [0.05, 0.1) is 20.3 Å². The van der Waals surface area contributed by atoms with Crippen molar-refractivity contribution in [3.63, 3.8) is 0 Å². The third-order valence-corrected chi connectivity index (χ3v) is 6.12. The third-order valence-electron chi connectivity index (χ3n) is 6.12. The summed E-state index contributed by atoms with van der Waals surface area (Å²) in [6, 6.07) is 17.1. The lowest BCUT2D eigenvalue weighted by atomic mass is 9.88. The van der Waals surface area contributed by atoms with Gasteiger partial charge in [-0.25, -0.2) is 4.79 Å². The number of hydrogen-bond acceptors (Lipinski definition) is 5. The molecule has 4 rings (SSSR count). The average molecular weight is 475 g/mol. The zero-order chi connectivity index (χ0) is 24.6. The summed E-state index contributed by atoms with van der Waals surface area (Å²) in [4.78, 5) is 31.3. The standard InChI is InChI=1S/C27H30N4O4/c1-34-23-16-21-11-15-31(26(20-6-4-3-5-7-20)22(21)17-24(23)35-2)27(33)29-14-10-25(32)30-18-19-8-12-28-13-9-19/h3-9,12-13,16-17,26H,10-11,14-15,18H2,1-2H3,(H,29,33)(H,30,32)/t26-/m1/s1. The maximum absolute atomic E-state index is 13.3. The Kier molecular flexibility index (Phi) is 7.82. The summed E-state index contributed by atoms with van der Waals surface area (Å²) in [5, 5.41) is 5.79. The molecule has 0 saturated carbocycles. The van der Waals surface area contributed by atoms with Gasteiger partial charge in [0, 0.05) is 38.4 Å². The average Bonchev–Trinajstić information content (AvgIpc) is 2.91. The van der Waals surface area contributed by atoms with E-state index in [0.717, 1.165) is 22.3 Å². The fourth-order valence-corrected chi connectivity index (χ4v) is 4.33. The number of methoxy groups -OCH3 is 2. The van der Waals surface area contributed by atoms with Crippen molar-refractivity contribution in [1.29, 1.82) is 0 Å². The molecule has 1 aliphatic heterocycles. The number of carbonyl (C=O) groups is 2. The molecule has 3 amide bonds. The fraction of sp³-hybridized carbons (Fsp3) is 0.296. The van der Waals surface area contributed by atoms with Crippen LogP contribution in [0.4, 0.5) is 4.79 Å². The largest absolute Gasteiger partial charge is 0.493 e. The van der Waals surface area contributed by atoms with Gasteiger partial charge in [0.25, 0.3) is 0 Å². The summed E-state index contributed by atoms with van der Waals surface area (Å²) in [5.41, 5.74) is 4.11. The summed E-state index contributed by atoms with van der Waals surface area (Å²) in [5.74, 6) is 1.18. The first kappa shape index (κ1) is 24.1. The molecule has 0 aliphatic carbocycles. The van der Waals surface area contributed by atoms with Crippen LogP contribution in [0.15, 0.2) is 67.0 Å². The maximum Gasteiger partial charge on any atom is 0.318 e. The van der Waals surface area contributed by atoms with Gasteiger partial charge in [0.15, 0.2) is 11.5 Å². The van der Waals surface area contributed by atoms with Gasteiger partial charge in [-0.3, -0.25) is 9.78 Å². The highest BCUT2D eigenvalue weighted by Gasteiger charge is 2.33. The Morgan fingerprint density at radius 1 is 1.00 bits per heavy atom. The van der Waals surface area contributed by atoms with Crippen LogP contribution in [0.25, 0.3) is 0 Å². The molecule has 0 fully saturated rings. The summed E-state index contributed by atoms with van der Waals surface area (Å²) in [6.07, 6.45) is 4.27. The van der Waals surface area contributed by atoms with Crippen LogP contribution in [0.3, 0.4) is 0 Å². The van der Waals surface area contributed by atoms with Crippen LogP contribution in [-0.4, -0.2) is 49.1 Å². The van der Waals surface area contributed by atoms with Crippen molar-refractivity contribution in [3.05, 3.63) is 89.2 Å². The van der Waals surface area contributed by atoms with E-state index >= 15 is 0 Å². The van der Waals surface area contributed by atoms with Crippen molar-refractivity contribution in [2.45, 2.75) is 25.4 Å². The zero-order valence-electron chi connectivity index (χ0n) is 20.0. The van der Waals surface area contributed by atoms with Crippen molar-refractivity contribution < 1.29 is 19.1 Å². The van der Waals surface area contributed by atoms with Gasteiger partial charge in [-0.2, -0.15) is 0 Å². The van der Waals surface area contributed by atoms with Crippen molar-refractivity contribution in [3.8, 4) is 11.5 Å². The maximum atomic E-state index is 13.3. The topological polar surface area (TPSA) is 92.8 Å². The van der Waals surface area contributed by atoms with Crippen molar-refractivity contribution in [2.75, 3.05) is 27.3 Å².